The Hall–Kier alpha value is -2.55. The van der Waals surface area contributed by atoms with Crippen molar-refractivity contribution in [3.63, 3.8) is 0 Å². The summed E-state index contributed by atoms with van der Waals surface area (Å²) in [6.07, 6.45) is 1.84. The Morgan fingerprint density at radius 2 is 1.33 bits per heavy atom. The molecule has 0 amide bonds. The highest BCUT2D eigenvalue weighted by atomic mass is 15.3. The van der Waals surface area contributed by atoms with E-state index in [1.807, 2.05) is 66.9 Å². The van der Waals surface area contributed by atoms with Gasteiger partial charge in [-0.2, -0.15) is 0 Å². The highest BCUT2D eigenvalue weighted by Gasteiger charge is 2.08. The predicted molar refractivity (Wildman–Crippen MR) is 73.2 cm³/mol. The van der Waals surface area contributed by atoms with Gasteiger partial charge in [-0.1, -0.05) is 60.7 Å². The Bertz CT molecular complexity index is 642. The van der Waals surface area contributed by atoms with E-state index >= 15 is 0 Å². The maximum Gasteiger partial charge on any atom is 0.158 e. The Morgan fingerprint density at radius 3 is 1.94 bits per heavy atom. The molecule has 0 bridgehead atoms. The van der Waals surface area contributed by atoms with Crippen molar-refractivity contribution in [2.75, 3.05) is 5.84 Å². The molecule has 0 unspecified atom stereocenters. The van der Waals surface area contributed by atoms with Gasteiger partial charge in [0.1, 0.15) is 0 Å². The summed E-state index contributed by atoms with van der Waals surface area (Å²) in [5, 5.41) is 0. The second-order valence-electron chi connectivity index (χ2n) is 4.09. The molecule has 0 spiro atoms. The van der Waals surface area contributed by atoms with Gasteiger partial charge in [-0.3, -0.25) is 0 Å². The number of nitrogens with two attached hydrogens (primary N) is 1. The van der Waals surface area contributed by atoms with Crippen molar-refractivity contribution in [2.45, 2.75) is 0 Å². The van der Waals surface area contributed by atoms with E-state index in [-0.39, 0.29) is 0 Å². The third kappa shape index (κ3) is 1.86. The van der Waals surface area contributed by atoms with Gasteiger partial charge in [-0.05, 0) is 0 Å². The van der Waals surface area contributed by atoms with E-state index < -0.39 is 0 Å². The molecular formula is C15H13N3. The Balaban J connectivity index is 2.07. The van der Waals surface area contributed by atoms with Gasteiger partial charge in [-0.25, -0.2) is 9.66 Å². The summed E-state index contributed by atoms with van der Waals surface area (Å²) in [6, 6.07) is 20.0. The molecule has 3 heteroatoms. The van der Waals surface area contributed by atoms with Crippen molar-refractivity contribution < 1.29 is 0 Å². The van der Waals surface area contributed by atoms with Crippen LogP contribution in [0, 0.1) is 0 Å². The minimum absolute atomic E-state index is 0.773. The third-order valence-corrected chi connectivity index (χ3v) is 2.83. The normalized spacial score (nSPS) is 10.4. The molecule has 88 valence electrons. The molecular weight excluding hydrogens is 222 g/mol. The zero-order valence-corrected chi connectivity index (χ0v) is 9.82. The van der Waals surface area contributed by atoms with Gasteiger partial charge in [0.25, 0.3) is 0 Å². The summed E-state index contributed by atoms with van der Waals surface area (Å²) in [4.78, 5) is 4.59. The maximum atomic E-state index is 5.96. The lowest BCUT2D eigenvalue weighted by Gasteiger charge is -1.99. The van der Waals surface area contributed by atoms with Crippen LogP contribution in [0.25, 0.3) is 22.6 Å². The molecule has 0 saturated heterocycles. The monoisotopic (exact) mass is 235 g/mol. The molecule has 0 radical (unpaired) electrons. The maximum absolute atomic E-state index is 5.96. The van der Waals surface area contributed by atoms with E-state index in [1.165, 1.54) is 0 Å². The molecule has 0 aliphatic heterocycles. The number of imidazole rings is 1. The summed E-state index contributed by atoms with van der Waals surface area (Å²) in [5.74, 6) is 6.74. The van der Waals surface area contributed by atoms with Crippen LogP contribution in [0.1, 0.15) is 0 Å². The van der Waals surface area contributed by atoms with E-state index in [2.05, 4.69) is 4.98 Å². The minimum Gasteiger partial charge on any atom is -0.338 e. The lowest BCUT2D eigenvalue weighted by molar-refractivity contribution is 1.01. The lowest BCUT2D eigenvalue weighted by Crippen LogP contribution is -2.07. The molecule has 0 fully saturated rings. The first-order valence-electron chi connectivity index (χ1n) is 5.80. The van der Waals surface area contributed by atoms with Crippen molar-refractivity contribution in [1.29, 1.82) is 0 Å². The third-order valence-electron chi connectivity index (χ3n) is 2.83. The highest BCUT2D eigenvalue weighted by Crippen LogP contribution is 2.22. The minimum atomic E-state index is 0.773. The molecule has 1 aromatic heterocycles. The fourth-order valence-electron chi connectivity index (χ4n) is 1.94. The van der Waals surface area contributed by atoms with Crippen molar-refractivity contribution in [3.8, 4) is 22.6 Å². The summed E-state index contributed by atoms with van der Waals surface area (Å²) in [6.45, 7) is 0. The van der Waals surface area contributed by atoms with E-state index in [1.54, 1.807) is 4.68 Å². The van der Waals surface area contributed by atoms with E-state index in [0.717, 1.165) is 22.6 Å². The van der Waals surface area contributed by atoms with Gasteiger partial charge in [0.2, 0.25) is 0 Å². The van der Waals surface area contributed by atoms with Crippen LogP contribution in [-0.2, 0) is 0 Å². The Morgan fingerprint density at radius 1 is 0.778 bits per heavy atom. The smallest absolute Gasteiger partial charge is 0.158 e. The SMILES string of the molecule is Nn1cc(-c2ccccc2)nc1-c1ccccc1. The lowest BCUT2D eigenvalue weighted by atomic mass is 10.2. The molecule has 18 heavy (non-hydrogen) atoms. The number of nitrogens with zero attached hydrogens (tertiary/aromatic N) is 2. The molecule has 2 aromatic carbocycles. The van der Waals surface area contributed by atoms with Gasteiger partial charge in [-0.15, -0.1) is 0 Å². The second-order valence-corrected chi connectivity index (χ2v) is 4.09. The van der Waals surface area contributed by atoms with Crippen molar-refractivity contribution in [2.24, 2.45) is 0 Å². The van der Waals surface area contributed by atoms with Crippen LogP contribution in [0.15, 0.2) is 66.9 Å². The fraction of sp³-hybridized carbons (Fsp3) is 0. The van der Waals surface area contributed by atoms with Gasteiger partial charge < -0.3 is 5.84 Å². The first-order chi connectivity index (χ1) is 8.84. The Labute approximate surface area is 105 Å². The van der Waals surface area contributed by atoms with Gasteiger partial charge in [0.05, 0.1) is 11.9 Å². The van der Waals surface area contributed by atoms with E-state index in [9.17, 15) is 0 Å². The zero-order valence-electron chi connectivity index (χ0n) is 9.82. The molecule has 0 saturated carbocycles. The molecule has 1 heterocycles. The molecule has 3 rings (SSSR count). The molecule has 3 aromatic rings. The van der Waals surface area contributed by atoms with Gasteiger partial charge >= 0.3 is 0 Å². The van der Waals surface area contributed by atoms with Crippen molar-refractivity contribution in [1.82, 2.24) is 9.66 Å². The zero-order chi connectivity index (χ0) is 12.4. The molecule has 0 aliphatic carbocycles. The summed E-state index contributed by atoms with van der Waals surface area (Å²) in [5.41, 5.74) is 2.97. The average Bonchev–Trinajstić information content (AvgIpc) is 2.83. The largest absolute Gasteiger partial charge is 0.338 e. The molecule has 0 aliphatic rings. The second kappa shape index (κ2) is 4.37. The topological polar surface area (TPSA) is 43.8 Å². The number of nitrogen functional groups attached to an aromatic ring is 1. The van der Waals surface area contributed by atoms with Crippen LogP contribution in [0.3, 0.4) is 0 Å². The fourth-order valence-corrected chi connectivity index (χ4v) is 1.94. The van der Waals surface area contributed by atoms with Crippen LogP contribution in [-0.4, -0.2) is 9.66 Å². The van der Waals surface area contributed by atoms with Gasteiger partial charge in [0.15, 0.2) is 5.82 Å². The number of benzene rings is 2. The number of rotatable bonds is 2. The van der Waals surface area contributed by atoms with Crippen molar-refractivity contribution >= 4 is 0 Å². The summed E-state index contributed by atoms with van der Waals surface area (Å²) >= 11 is 0. The van der Waals surface area contributed by atoms with Crippen molar-refractivity contribution in [3.05, 3.63) is 66.9 Å². The van der Waals surface area contributed by atoms with Crippen LogP contribution >= 0.6 is 0 Å². The first-order valence-corrected chi connectivity index (χ1v) is 5.80. The standard InChI is InChI=1S/C15H13N3/c16-18-11-14(12-7-3-1-4-8-12)17-15(18)13-9-5-2-6-10-13/h1-11H,16H2. The van der Waals surface area contributed by atoms with Crippen LogP contribution in [0.5, 0.6) is 0 Å². The number of hydrogen-bond acceptors (Lipinski definition) is 2. The highest BCUT2D eigenvalue weighted by molar-refractivity contribution is 5.64. The average molecular weight is 235 g/mol. The summed E-state index contributed by atoms with van der Waals surface area (Å²) in [7, 11) is 0. The van der Waals surface area contributed by atoms with Crippen LogP contribution in [0.2, 0.25) is 0 Å². The summed E-state index contributed by atoms with van der Waals surface area (Å²) < 4.78 is 1.57. The molecule has 2 N–H and O–H groups in total. The first kappa shape index (κ1) is 10.6. The molecule has 0 atom stereocenters. The molecule has 3 nitrogen and oxygen atoms in total. The van der Waals surface area contributed by atoms with Gasteiger partial charge in [0, 0.05) is 11.1 Å². The number of aromatic nitrogens is 2. The van der Waals surface area contributed by atoms with Crippen LogP contribution in [0.4, 0.5) is 0 Å². The quantitative estimate of drug-likeness (QED) is 0.694. The number of hydrogen-bond donors (Lipinski definition) is 1. The van der Waals surface area contributed by atoms with E-state index in [0.29, 0.717) is 0 Å². The Kier molecular flexibility index (Phi) is 2.57. The van der Waals surface area contributed by atoms with Crippen LogP contribution < -0.4 is 5.84 Å². The predicted octanol–water partition coefficient (Wildman–Crippen LogP) is 2.93. The van der Waals surface area contributed by atoms with E-state index in [4.69, 9.17) is 5.84 Å².